The average molecular weight is 258 g/mol. The predicted octanol–water partition coefficient (Wildman–Crippen LogP) is 4.49. The molecule has 102 valence electrons. The highest BCUT2D eigenvalue weighted by Crippen LogP contribution is 2.50. The maximum atomic E-state index is 6.36. The van der Waals surface area contributed by atoms with Gasteiger partial charge in [-0.2, -0.15) is 0 Å². The van der Waals surface area contributed by atoms with Crippen molar-refractivity contribution in [3.63, 3.8) is 0 Å². The van der Waals surface area contributed by atoms with Crippen LogP contribution >= 0.6 is 0 Å². The highest BCUT2D eigenvalue weighted by molar-refractivity contribution is 6.70. The molecule has 0 amide bonds. The Labute approximate surface area is 108 Å². The Hall–Kier alpha value is 0.137. The van der Waals surface area contributed by atoms with Gasteiger partial charge in [-0.1, -0.05) is 20.3 Å². The molecule has 0 spiro atoms. The summed E-state index contributed by atoms with van der Waals surface area (Å²) in [5.41, 5.74) is 0.751. The third-order valence-electron chi connectivity index (χ3n) is 3.40. The lowest BCUT2D eigenvalue weighted by Crippen LogP contribution is -2.47. The van der Waals surface area contributed by atoms with Gasteiger partial charge in [0.15, 0.2) is 0 Å². The maximum Gasteiger partial charge on any atom is 0.342 e. The Morgan fingerprint density at radius 1 is 1.00 bits per heavy atom. The van der Waals surface area contributed by atoms with Crippen molar-refractivity contribution in [2.75, 3.05) is 0 Å². The van der Waals surface area contributed by atoms with Gasteiger partial charge < -0.3 is 8.85 Å². The highest BCUT2D eigenvalue weighted by atomic mass is 28.4. The maximum absolute atomic E-state index is 6.36. The van der Waals surface area contributed by atoms with Crippen LogP contribution in [0.15, 0.2) is 0 Å². The quantitative estimate of drug-likeness (QED) is 0.597. The molecule has 1 aliphatic rings. The van der Waals surface area contributed by atoms with Crippen LogP contribution in [0.2, 0.25) is 11.6 Å². The fraction of sp³-hybridized carbons (Fsp3) is 1.00. The summed E-state index contributed by atoms with van der Waals surface area (Å²) in [6.45, 7) is 13.2. The van der Waals surface area contributed by atoms with E-state index in [4.69, 9.17) is 8.85 Å². The Balaban J connectivity index is 2.77. The van der Waals surface area contributed by atoms with Gasteiger partial charge in [0.25, 0.3) is 0 Å². The van der Waals surface area contributed by atoms with Crippen molar-refractivity contribution in [1.82, 2.24) is 0 Å². The van der Waals surface area contributed by atoms with E-state index < -0.39 is 8.56 Å². The van der Waals surface area contributed by atoms with E-state index in [-0.39, 0.29) is 0 Å². The molecule has 17 heavy (non-hydrogen) atoms. The number of hydrogen-bond donors (Lipinski definition) is 0. The van der Waals surface area contributed by atoms with Crippen LogP contribution in [0.25, 0.3) is 0 Å². The summed E-state index contributed by atoms with van der Waals surface area (Å²) in [7, 11) is -1.97. The van der Waals surface area contributed by atoms with Crippen molar-refractivity contribution in [3.05, 3.63) is 0 Å². The lowest BCUT2D eigenvalue weighted by atomic mass is 10.2. The summed E-state index contributed by atoms with van der Waals surface area (Å²) in [6.07, 6.45) is 4.46. The molecular weight excluding hydrogens is 228 g/mol. The fourth-order valence-corrected chi connectivity index (χ4v) is 7.30. The smallest absolute Gasteiger partial charge is 0.342 e. The molecule has 0 aromatic heterocycles. The van der Waals surface area contributed by atoms with Crippen LogP contribution in [0.1, 0.15) is 60.8 Å². The molecule has 1 fully saturated rings. The Bertz CT molecular complexity index is 214. The first-order chi connectivity index (χ1) is 7.89. The van der Waals surface area contributed by atoms with Crippen molar-refractivity contribution in [3.8, 4) is 0 Å². The van der Waals surface area contributed by atoms with Crippen molar-refractivity contribution in [2.45, 2.75) is 84.6 Å². The standard InChI is InChI=1S/C14H30O2Si/c1-7-13(6)10-17(14-8-9-14,15-11(2)3)16-12(4)5/h11-14H,7-10H2,1-6H3. The molecule has 0 bridgehead atoms. The SMILES string of the molecule is CCC(C)C[Si](OC(C)C)(OC(C)C)C1CC1. The van der Waals surface area contributed by atoms with Gasteiger partial charge in [0.2, 0.25) is 0 Å². The Morgan fingerprint density at radius 2 is 1.47 bits per heavy atom. The summed E-state index contributed by atoms with van der Waals surface area (Å²) in [5.74, 6) is 0.722. The largest absolute Gasteiger partial charge is 0.392 e. The topological polar surface area (TPSA) is 18.5 Å². The van der Waals surface area contributed by atoms with Crippen LogP contribution in [0.5, 0.6) is 0 Å². The van der Waals surface area contributed by atoms with Crippen LogP contribution in [-0.2, 0) is 8.85 Å². The molecule has 1 aliphatic carbocycles. The minimum absolute atomic E-state index is 0.296. The zero-order valence-corrected chi connectivity index (χ0v) is 13.5. The van der Waals surface area contributed by atoms with Crippen LogP contribution in [-0.4, -0.2) is 20.8 Å². The molecule has 0 radical (unpaired) electrons. The van der Waals surface area contributed by atoms with Crippen molar-refractivity contribution in [1.29, 1.82) is 0 Å². The first-order valence-electron chi connectivity index (χ1n) is 7.25. The summed E-state index contributed by atoms with van der Waals surface area (Å²) in [5, 5.41) is 0. The zero-order valence-electron chi connectivity index (χ0n) is 12.5. The molecule has 2 nitrogen and oxygen atoms in total. The summed E-state index contributed by atoms with van der Waals surface area (Å²) >= 11 is 0. The van der Waals surface area contributed by atoms with Crippen molar-refractivity contribution < 1.29 is 8.85 Å². The van der Waals surface area contributed by atoms with Gasteiger partial charge in [0.1, 0.15) is 0 Å². The molecule has 0 aromatic rings. The predicted molar refractivity (Wildman–Crippen MR) is 75.4 cm³/mol. The van der Waals surface area contributed by atoms with Crippen LogP contribution in [0, 0.1) is 5.92 Å². The molecule has 3 heteroatoms. The molecule has 0 saturated heterocycles. The van der Waals surface area contributed by atoms with Crippen molar-refractivity contribution >= 4 is 8.56 Å². The number of hydrogen-bond acceptors (Lipinski definition) is 2. The van der Waals surface area contributed by atoms with E-state index in [0.717, 1.165) is 11.5 Å². The zero-order chi connectivity index (χ0) is 13.1. The Morgan fingerprint density at radius 3 is 1.76 bits per heavy atom. The molecule has 1 rings (SSSR count). The molecule has 0 aromatic carbocycles. The van der Waals surface area contributed by atoms with Gasteiger partial charge >= 0.3 is 8.56 Å². The molecule has 1 atom stereocenters. The normalized spacial score (nSPS) is 19.1. The van der Waals surface area contributed by atoms with Gasteiger partial charge in [0.05, 0.1) is 0 Å². The Kier molecular flexibility index (Phi) is 5.67. The minimum Gasteiger partial charge on any atom is -0.392 e. The van der Waals surface area contributed by atoms with Gasteiger partial charge in [0, 0.05) is 17.7 Å². The van der Waals surface area contributed by atoms with E-state index in [9.17, 15) is 0 Å². The molecule has 0 aliphatic heterocycles. The molecule has 1 unspecified atom stereocenters. The van der Waals surface area contributed by atoms with Gasteiger partial charge in [-0.05, 0) is 52.5 Å². The third-order valence-corrected chi connectivity index (χ3v) is 8.23. The van der Waals surface area contributed by atoms with Gasteiger partial charge in [-0.15, -0.1) is 0 Å². The third kappa shape index (κ3) is 4.72. The second-order valence-electron chi connectivity index (χ2n) is 6.14. The highest BCUT2D eigenvalue weighted by Gasteiger charge is 2.53. The van der Waals surface area contributed by atoms with E-state index in [2.05, 4.69) is 41.5 Å². The molecular formula is C14H30O2Si. The first kappa shape index (κ1) is 15.2. The molecule has 1 saturated carbocycles. The van der Waals surface area contributed by atoms with Crippen LogP contribution < -0.4 is 0 Å². The van der Waals surface area contributed by atoms with Crippen LogP contribution in [0.3, 0.4) is 0 Å². The lowest BCUT2D eigenvalue weighted by Gasteiger charge is -2.36. The summed E-state index contributed by atoms with van der Waals surface area (Å²) in [6, 6.07) is 1.17. The van der Waals surface area contributed by atoms with Crippen molar-refractivity contribution in [2.24, 2.45) is 5.92 Å². The number of rotatable bonds is 8. The van der Waals surface area contributed by atoms with Gasteiger partial charge in [-0.3, -0.25) is 0 Å². The second-order valence-corrected chi connectivity index (χ2v) is 9.46. The average Bonchev–Trinajstić information content (AvgIpc) is 2.97. The van der Waals surface area contributed by atoms with E-state index in [1.54, 1.807) is 0 Å². The first-order valence-corrected chi connectivity index (χ1v) is 9.35. The lowest BCUT2D eigenvalue weighted by molar-refractivity contribution is 0.0995. The second kappa shape index (κ2) is 6.35. The van der Waals surface area contributed by atoms with Gasteiger partial charge in [-0.25, -0.2) is 0 Å². The van der Waals surface area contributed by atoms with Crippen LogP contribution in [0.4, 0.5) is 0 Å². The van der Waals surface area contributed by atoms with E-state index >= 15 is 0 Å². The summed E-state index contributed by atoms with van der Waals surface area (Å²) in [4.78, 5) is 0. The van der Waals surface area contributed by atoms with E-state index in [1.807, 2.05) is 0 Å². The van der Waals surface area contributed by atoms with E-state index in [0.29, 0.717) is 12.2 Å². The monoisotopic (exact) mass is 258 g/mol. The van der Waals surface area contributed by atoms with E-state index in [1.165, 1.54) is 25.3 Å². The molecule has 0 heterocycles. The minimum atomic E-state index is -1.97. The molecule has 0 N–H and O–H groups in total. The summed E-state index contributed by atoms with van der Waals surface area (Å²) < 4.78 is 12.7. The fourth-order valence-electron chi connectivity index (χ4n) is 2.43.